The molecule has 0 radical (unpaired) electrons. The van der Waals surface area contributed by atoms with Gasteiger partial charge >= 0.3 is 0 Å². The largest absolute Gasteiger partial charge is 0.454 e. The second kappa shape index (κ2) is 7.91. The summed E-state index contributed by atoms with van der Waals surface area (Å²) in [5.41, 5.74) is 2.77. The molecule has 2 amide bonds. The van der Waals surface area contributed by atoms with Crippen molar-refractivity contribution in [1.82, 2.24) is 5.32 Å². The molecule has 6 heteroatoms. The molecule has 0 bridgehead atoms. The number of amides is 2. The highest BCUT2D eigenvalue weighted by molar-refractivity contribution is 5.93. The van der Waals surface area contributed by atoms with Gasteiger partial charge in [0, 0.05) is 32.1 Å². The van der Waals surface area contributed by atoms with Crippen molar-refractivity contribution in [2.24, 2.45) is 0 Å². The highest BCUT2D eigenvalue weighted by atomic mass is 16.7. The Hall–Kier alpha value is -3.02. The van der Waals surface area contributed by atoms with Crippen LogP contribution in [0.3, 0.4) is 0 Å². The summed E-state index contributed by atoms with van der Waals surface area (Å²) < 4.78 is 10.6. The lowest BCUT2D eigenvalue weighted by Crippen LogP contribution is -2.34. The predicted molar refractivity (Wildman–Crippen MR) is 98.2 cm³/mol. The van der Waals surface area contributed by atoms with E-state index >= 15 is 0 Å². The van der Waals surface area contributed by atoms with Gasteiger partial charge in [-0.2, -0.15) is 0 Å². The van der Waals surface area contributed by atoms with Gasteiger partial charge in [0.25, 0.3) is 0 Å². The zero-order valence-corrected chi connectivity index (χ0v) is 15.0. The Labute approximate surface area is 152 Å². The van der Waals surface area contributed by atoms with Crippen molar-refractivity contribution in [3.05, 3.63) is 53.6 Å². The van der Waals surface area contributed by atoms with E-state index in [0.29, 0.717) is 18.8 Å². The number of hydrogen-bond acceptors (Lipinski definition) is 4. The Balaban J connectivity index is 1.54. The first-order valence-corrected chi connectivity index (χ1v) is 8.53. The maximum absolute atomic E-state index is 12.2. The Bertz CT molecular complexity index is 819. The number of carbonyl (C=O) groups is 2. The molecule has 1 N–H and O–H groups in total. The molecule has 0 fully saturated rings. The smallest absolute Gasteiger partial charge is 0.231 e. The van der Waals surface area contributed by atoms with Crippen LogP contribution in [0, 0.1) is 6.92 Å². The van der Waals surface area contributed by atoms with Crippen LogP contribution in [0.4, 0.5) is 5.69 Å². The van der Waals surface area contributed by atoms with Gasteiger partial charge in [-0.05, 0) is 36.2 Å². The summed E-state index contributed by atoms with van der Waals surface area (Å²) in [5.74, 6) is 1.22. The summed E-state index contributed by atoms with van der Waals surface area (Å²) in [4.78, 5) is 25.8. The lowest BCUT2D eigenvalue weighted by Gasteiger charge is -2.22. The molecule has 1 aliphatic heterocycles. The Morgan fingerprint density at radius 2 is 1.88 bits per heavy atom. The minimum Gasteiger partial charge on any atom is -0.454 e. The number of rotatable bonds is 6. The lowest BCUT2D eigenvalue weighted by molar-refractivity contribution is -0.121. The minimum atomic E-state index is -0.109. The zero-order chi connectivity index (χ0) is 18.5. The van der Waals surface area contributed by atoms with Crippen LogP contribution >= 0.6 is 0 Å². The summed E-state index contributed by atoms with van der Waals surface area (Å²) in [6.45, 7) is 4.43. The van der Waals surface area contributed by atoms with Crippen LogP contribution in [-0.2, 0) is 16.1 Å². The van der Waals surface area contributed by atoms with Gasteiger partial charge in [0.05, 0.1) is 0 Å². The first-order valence-electron chi connectivity index (χ1n) is 8.53. The molecular formula is C20H22N2O4. The number of benzene rings is 2. The van der Waals surface area contributed by atoms with E-state index in [1.807, 2.05) is 49.4 Å². The Kier molecular flexibility index (Phi) is 5.41. The molecule has 1 heterocycles. The molecule has 0 aliphatic carbocycles. The fraction of sp³-hybridized carbons (Fsp3) is 0.300. The summed E-state index contributed by atoms with van der Waals surface area (Å²) >= 11 is 0. The highest BCUT2D eigenvalue weighted by Crippen LogP contribution is 2.32. The summed E-state index contributed by atoms with van der Waals surface area (Å²) in [6.07, 6.45) is 0.235. The third-order valence-electron chi connectivity index (χ3n) is 4.28. The molecule has 0 spiro atoms. The van der Waals surface area contributed by atoms with E-state index in [0.717, 1.165) is 22.6 Å². The SMILES string of the molecule is CC(=O)N(CCC(=O)NCc1ccc2c(c1)OCO2)c1ccccc1C. The molecule has 2 aromatic carbocycles. The number of nitrogens with zero attached hydrogens (tertiary/aromatic N) is 1. The summed E-state index contributed by atoms with van der Waals surface area (Å²) in [5, 5.41) is 2.88. The summed E-state index contributed by atoms with van der Waals surface area (Å²) in [7, 11) is 0. The first-order chi connectivity index (χ1) is 12.5. The molecule has 0 aromatic heterocycles. The maximum atomic E-state index is 12.2. The second-order valence-corrected chi connectivity index (χ2v) is 6.17. The molecule has 136 valence electrons. The number of carbonyl (C=O) groups excluding carboxylic acids is 2. The normalized spacial score (nSPS) is 11.9. The van der Waals surface area contributed by atoms with Gasteiger partial charge in [0.15, 0.2) is 11.5 Å². The second-order valence-electron chi connectivity index (χ2n) is 6.17. The van der Waals surface area contributed by atoms with Gasteiger partial charge in [-0.25, -0.2) is 0 Å². The quantitative estimate of drug-likeness (QED) is 0.866. The third-order valence-corrected chi connectivity index (χ3v) is 4.28. The third kappa shape index (κ3) is 4.14. The Morgan fingerprint density at radius 1 is 1.12 bits per heavy atom. The topological polar surface area (TPSA) is 67.9 Å². The van der Waals surface area contributed by atoms with E-state index < -0.39 is 0 Å². The molecule has 26 heavy (non-hydrogen) atoms. The minimum absolute atomic E-state index is 0.0807. The molecule has 3 rings (SSSR count). The number of hydrogen-bond donors (Lipinski definition) is 1. The predicted octanol–water partition coefficient (Wildman–Crippen LogP) is 2.78. The highest BCUT2D eigenvalue weighted by Gasteiger charge is 2.16. The van der Waals surface area contributed by atoms with Gasteiger partial charge in [0.1, 0.15) is 0 Å². The van der Waals surface area contributed by atoms with Gasteiger partial charge < -0.3 is 19.7 Å². The van der Waals surface area contributed by atoms with E-state index in [1.165, 1.54) is 6.92 Å². The number of aryl methyl sites for hydroxylation is 1. The lowest BCUT2D eigenvalue weighted by atomic mass is 10.1. The zero-order valence-electron chi connectivity index (χ0n) is 15.0. The molecule has 2 aromatic rings. The molecule has 0 saturated carbocycles. The van der Waals surface area contributed by atoms with Crippen molar-refractivity contribution in [2.75, 3.05) is 18.2 Å². The molecule has 6 nitrogen and oxygen atoms in total. The molecule has 0 unspecified atom stereocenters. The van der Waals surface area contributed by atoms with Crippen molar-refractivity contribution in [1.29, 1.82) is 0 Å². The number of nitrogens with one attached hydrogen (secondary N) is 1. The van der Waals surface area contributed by atoms with Crippen molar-refractivity contribution in [2.45, 2.75) is 26.8 Å². The molecule has 1 aliphatic rings. The van der Waals surface area contributed by atoms with Crippen LogP contribution < -0.4 is 19.7 Å². The van der Waals surface area contributed by atoms with Gasteiger partial charge in [-0.1, -0.05) is 24.3 Å². The van der Waals surface area contributed by atoms with Crippen molar-refractivity contribution in [3.8, 4) is 11.5 Å². The average Bonchev–Trinajstić information content (AvgIpc) is 3.09. The fourth-order valence-corrected chi connectivity index (χ4v) is 2.87. The number of ether oxygens (including phenoxy) is 2. The number of fused-ring (bicyclic) bond motifs is 1. The maximum Gasteiger partial charge on any atom is 0.231 e. The van der Waals surface area contributed by atoms with Gasteiger partial charge in [-0.3, -0.25) is 9.59 Å². The van der Waals surface area contributed by atoms with Crippen LogP contribution in [-0.4, -0.2) is 25.2 Å². The molecule has 0 saturated heterocycles. The van der Waals surface area contributed by atoms with Crippen LogP contribution in [0.15, 0.2) is 42.5 Å². The first kappa shape index (κ1) is 17.8. The monoisotopic (exact) mass is 354 g/mol. The standard InChI is InChI=1S/C20H22N2O4/c1-14-5-3-4-6-17(14)22(15(2)23)10-9-20(24)21-12-16-7-8-18-19(11-16)26-13-25-18/h3-8,11H,9-10,12-13H2,1-2H3,(H,21,24). The van der Waals surface area contributed by atoms with Gasteiger partial charge in [-0.15, -0.1) is 0 Å². The van der Waals surface area contributed by atoms with Crippen LogP contribution in [0.5, 0.6) is 11.5 Å². The molecular weight excluding hydrogens is 332 g/mol. The van der Waals surface area contributed by atoms with E-state index in [-0.39, 0.29) is 25.0 Å². The van der Waals surface area contributed by atoms with Gasteiger partial charge in [0.2, 0.25) is 18.6 Å². The van der Waals surface area contributed by atoms with E-state index in [4.69, 9.17) is 9.47 Å². The van der Waals surface area contributed by atoms with E-state index in [9.17, 15) is 9.59 Å². The van der Waals surface area contributed by atoms with Crippen molar-refractivity contribution in [3.63, 3.8) is 0 Å². The van der Waals surface area contributed by atoms with Crippen molar-refractivity contribution < 1.29 is 19.1 Å². The fourth-order valence-electron chi connectivity index (χ4n) is 2.87. The van der Waals surface area contributed by atoms with Crippen molar-refractivity contribution >= 4 is 17.5 Å². The molecule has 0 atom stereocenters. The number of para-hydroxylation sites is 1. The summed E-state index contributed by atoms with van der Waals surface area (Å²) in [6, 6.07) is 13.2. The van der Waals surface area contributed by atoms with E-state index in [2.05, 4.69) is 5.32 Å². The van der Waals surface area contributed by atoms with Crippen LogP contribution in [0.2, 0.25) is 0 Å². The average molecular weight is 354 g/mol. The van der Waals surface area contributed by atoms with Crippen LogP contribution in [0.1, 0.15) is 24.5 Å². The Morgan fingerprint density at radius 3 is 2.65 bits per heavy atom. The van der Waals surface area contributed by atoms with E-state index in [1.54, 1.807) is 4.90 Å². The van der Waals surface area contributed by atoms with Crippen LogP contribution in [0.25, 0.3) is 0 Å². The number of anilines is 1.